The molecule has 15 nitrogen and oxygen atoms in total. The predicted molar refractivity (Wildman–Crippen MR) is 328 cm³/mol. The summed E-state index contributed by atoms with van der Waals surface area (Å²) in [5.74, 6) is 3.14. The second kappa shape index (κ2) is 25.1. The SMILES string of the molecule is CC(O)(c1cc(F)c2c(c1)C(=O)N(Cc1ccc(C#CN)cn1)[C@@]2(OCC1(CO)CC1)c1ccc(Cl)cc1)C1CCCCC1.CC(O)(c1cc(F)c2c(c1)C(=O)N(Cc1ccc(C#CN)cn1)[C@@]2(OCC1(CO)CC1)c1ccc(Cl)cc1)C1CCNCC1. The Bertz CT molecular complexity index is 3460. The van der Waals surface area contributed by atoms with Crippen LogP contribution in [-0.4, -0.2) is 91.5 Å². The molecule has 0 spiro atoms. The van der Waals surface area contributed by atoms with Gasteiger partial charge < -0.3 is 46.7 Å². The second-order valence-electron chi connectivity index (χ2n) is 25.0. The van der Waals surface area contributed by atoms with E-state index in [1.165, 1.54) is 21.9 Å². The van der Waals surface area contributed by atoms with Crippen LogP contribution in [0, 0.1) is 58.2 Å². The van der Waals surface area contributed by atoms with E-state index in [2.05, 4.69) is 39.2 Å². The van der Waals surface area contributed by atoms with E-state index in [1.807, 2.05) is 0 Å². The number of aliphatic hydroxyl groups excluding tert-OH is 2. The summed E-state index contributed by atoms with van der Waals surface area (Å²) >= 11 is 12.5. The smallest absolute Gasteiger partial charge is 0.257 e. The van der Waals surface area contributed by atoms with Crippen LogP contribution in [0.3, 0.4) is 0 Å². The van der Waals surface area contributed by atoms with E-state index >= 15 is 8.78 Å². The van der Waals surface area contributed by atoms with Crippen molar-refractivity contribution < 1.29 is 48.3 Å². The Kier molecular flexibility index (Phi) is 17.9. The maximum absolute atomic E-state index is 16.8. The third-order valence-electron chi connectivity index (χ3n) is 19.2. The normalized spacial score (nSPS) is 22.2. The van der Waals surface area contributed by atoms with Crippen molar-refractivity contribution in [3.63, 3.8) is 0 Å². The first-order chi connectivity index (χ1) is 42.3. The van der Waals surface area contributed by atoms with Gasteiger partial charge in [-0.2, -0.15) is 0 Å². The summed E-state index contributed by atoms with van der Waals surface area (Å²) in [5.41, 5.74) is 8.16. The van der Waals surface area contributed by atoms with Crippen molar-refractivity contribution in [2.24, 2.45) is 34.1 Å². The van der Waals surface area contributed by atoms with Gasteiger partial charge in [-0.1, -0.05) is 66.7 Å². The van der Waals surface area contributed by atoms with Gasteiger partial charge in [0.2, 0.25) is 0 Å². The highest BCUT2D eigenvalue weighted by Crippen LogP contribution is 2.55. The number of rotatable bonds is 18. The minimum absolute atomic E-state index is 0.00755. The van der Waals surface area contributed by atoms with Crippen LogP contribution in [0.1, 0.15) is 161 Å². The molecule has 3 saturated carbocycles. The number of benzene rings is 4. The van der Waals surface area contributed by atoms with E-state index in [0.717, 1.165) is 83.7 Å². The van der Waals surface area contributed by atoms with Crippen LogP contribution >= 0.6 is 23.2 Å². The van der Waals surface area contributed by atoms with Crippen molar-refractivity contribution in [3.8, 4) is 23.9 Å². The third kappa shape index (κ3) is 11.9. The van der Waals surface area contributed by atoms with Gasteiger partial charge in [-0.25, -0.2) is 8.78 Å². The zero-order valence-electron chi connectivity index (χ0n) is 49.4. The number of halogens is 4. The van der Waals surface area contributed by atoms with Crippen LogP contribution in [0.4, 0.5) is 8.78 Å². The van der Waals surface area contributed by atoms with Crippen LogP contribution in [0.25, 0.3) is 0 Å². The number of aromatic nitrogens is 2. The Balaban J connectivity index is 0.000000182. The Hall–Kier alpha value is -7.00. The summed E-state index contributed by atoms with van der Waals surface area (Å²) in [7, 11) is 0. The average molecular weight is 1240 g/mol. The lowest BCUT2D eigenvalue weighted by Crippen LogP contribution is -2.48. The zero-order valence-corrected chi connectivity index (χ0v) is 50.9. The van der Waals surface area contributed by atoms with E-state index in [-0.39, 0.29) is 73.6 Å². The molecule has 0 bridgehead atoms. The van der Waals surface area contributed by atoms with Gasteiger partial charge in [-0.15, -0.1) is 0 Å². The van der Waals surface area contributed by atoms with E-state index in [4.69, 9.17) is 44.1 Å². The van der Waals surface area contributed by atoms with Crippen LogP contribution in [0.15, 0.2) is 109 Å². The lowest BCUT2D eigenvalue weighted by molar-refractivity contribution is -0.131. The molecule has 0 radical (unpaired) electrons. The molecular formula is C69H73Cl2F2N7O8. The first-order valence-corrected chi connectivity index (χ1v) is 30.9. The molecule has 460 valence electrons. The number of carbonyl (C=O) groups is 2. The van der Waals surface area contributed by atoms with E-state index in [9.17, 15) is 30.0 Å². The fourth-order valence-corrected chi connectivity index (χ4v) is 13.5. The monoisotopic (exact) mass is 1240 g/mol. The summed E-state index contributed by atoms with van der Waals surface area (Å²) in [6, 6.07) is 31.3. The fraction of sp³-hybridized carbons (Fsp3) is 0.420. The highest BCUT2D eigenvalue weighted by molar-refractivity contribution is 6.30. The van der Waals surface area contributed by atoms with Crippen molar-refractivity contribution in [1.82, 2.24) is 25.1 Å². The molecule has 6 aromatic rings. The van der Waals surface area contributed by atoms with Crippen LogP contribution in [-0.2, 0) is 45.2 Å². The largest absolute Gasteiger partial charge is 0.396 e. The number of hydrogen-bond acceptors (Lipinski definition) is 13. The molecule has 4 atom stereocenters. The highest BCUT2D eigenvalue weighted by atomic mass is 35.5. The second-order valence-corrected chi connectivity index (χ2v) is 25.9. The number of aliphatic hydroxyl groups is 4. The van der Waals surface area contributed by atoms with Gasteiger partial charge in [-0.3, -0.25) is 29.4 Å². The third-order valence-corrected chi connectivity index (χ3v) is 19.7. The molecule has 12 rings (SSSR count). The molecular weight excluding hydrogens is 1160 g/mol. The quantitative estimate of drug-likeness (QED) is 0.0315. The lowest BCUT2D eigenvalue weighted by Gasteiger charge is -2.40. The van der Waals surface area contributed by atoms with Gasteiger partial charge in [0.1, 0.15) is 11.6 Å². The van der Waals surface area contributed by atoms with Crippen molar-refractivity contribution >= 4 is 35.0 Å². The van der Waals surface area contributed by atoms with Crippen molar-refractivity contribution in [2.45, 2.75) is 120 Å². The number of amides is 2. The maximum Gasteiger partial charge on any atom is 0.257 e. The first-order valence-electron chi connectivity index (χ1n) is 30.1. The number of ether oxygens (including phenoxy) is 2. The van der Waals surface area contributed by atoms with E-state index in [1.54, 1.807) is 111 Å². The molecule has 5 heterocycles. The molecule has 2 aromatic heterocycles. The summed E-state index contributed by atoms with van der Waals surface area (Å²) in [5, 5.41) is 48.0. The minimum atomic E-state index is -1.69. The first kappa shape index (κ1) is 62.6. The fourth-order valence-electron chi connectivity index (χ4n) is 13.2. The maximum atomic E-state index is 16.8. The summed E-state index contributed by atoms with van der Waals surface area (Å²) in [4.78, 5) is 41.0. The number of piperidine rings is 1. The number of pyridine rings is 2. The Morgan fingerprint density at radius 2 is 1.01 bits per heavy atom. The summed E-state index contributed by atoms with van der Waals surface area (Å²) < 4.78 is 47.0. The number of nitrogens with one attached hydrogen (secondary N) is 1. The number of nitrogens with zero attached hydrogens (tertiary/aromatic N) is 4. The molecule has 2 amide bonds. The molecule has 88 heavy (non-hydrogen) atoms. The van der Waals surface area contributed by atoms with Crippen LogP contribution in [0.2, 0.25) is 10.0 Å². The van der Waals surface area contributed by atoms with Gasteiger partial charge >= 0.3 is 0 Å². The molecule has 4 fully saturated rings. The zero-order chi connectivity index (χ0) is 62.2. The van der Waals surface area contributed by atoms with Gasteiger partial charge in [0, 0.05) is 67.6 Å². The van der Waals surface area contributed by atoms with Crippen LogP contribution in [0.5, 0.6) is 0 Å². The van der Waals surface area contributed by atoms with E-state index in [0.29, 0.717) is 54.8 Å². The van der Waals surface area contributed by atoms with Gasteiger partial charge in [-0.05, 0) is 186 Å². The van der Waals surface area contributed by atoms with Gasteiger partial charge in [0.05, 0.1) is 84.4 Å². The van der Waals surface area contributed by atoms with Crippen molar-refractivity contribution in [2.75, 3.05) is 39.5 Å². The highest BCUT2D eigenvalue weighted by Gasteiger charge is 2.59. The Labute approximate surface area is 521 Å². The number of hydrogen-bond donors (Lipinski definition) is 7. The average Bonchev–Trinajstić information content (AvgIpc) is 1.54. The standard InChI is InChI=1S/C35H37ClFN3O4.C34H36ClFN4O4/c1-33(43,24-5-3-2-4-6-24)26-17-29-31(30(37)18-26)35(25-8-10-27(36)11-9-25,44-22-34(21-41)14-15-34)40(32(29)42)20-28-12-7-23(13-16-38)19-39-28;1-32(43,23-9-14-38-15-10-23)25-16-28-30(29(36)17-25)34(24-3-5-26(35)6-4-24,44-21-33(20-41)11-12-33)40(31(28)42)19-27-7-2-22(8-13-37)18-39-27/h7-12,17-19,24,41,43H,2-6,14-15,20-22,38H2,1H3;2-7,16-18,23,38,41,43H,9-12,14-15,19-21,37H2,1H3/t33?,35-;32?,34-/m11/s1. The molecule has 1 saturated heterocycles. The van der Waals surface area contributed by atoms with Gasteiger partial charge in [0.25, 0.3) is 11.8 Å². The summed E-state index contributed by atoms with van der Waals surface area (Å²) in [6.07, 6.45) is 12.4. The molecule has 19 heteroatoms. The minimum Gasteiger partial charge on any atom is -0.396 e. The number of nitrogens with two attached hydrogens (primary N) is 2. The Morgan fingerprint density at radius 1 is 0.614 bits per heavy atom. The predicted octanol–water partition coefficient (Wildman–Crippen LogP) is 9.57. The molecule has 9 N–H and O–H groups in total. The lowest BCUT2D eigenvalue weighted by atomic mass is 9.74. The molecule has 6 aliphatic rings. The van der Waals surface area contributed by atoms with Crippen LogP contribution < -0.4 is 16.8 Å². The van der Waals surface area contributed by atoms with Crippen molar-refractivity contribution in [3.05, 3.63) is 198 Å². The van der Waals surface area contributed by atoms with Crippen molar-refractivity contribution in [1.29, 1.82) is 0 Å². The molecule has 2 unspecified atom stereocenters. The topological polar surface area (TPSA) is 230 Å². The number of carbonyl (C=O) groups excluding carboxylic acids is 2. The van der Waals surface area contributed by atoms with Gasteiger partial charge in [0.15, 0.2) is 11.4 Å². The number of fused-ring (bicyclic) bond motifs is 2. The van der Waals surface area contributed by atoms with E-state index < -0.39 is 56.9 Å². The molecule has 3 aliphatic carbocycles. The molecule has 3 aliphatic heterocycles. The Morgan fingerprint density at radius 3 is 1.36 bits per heavy atom. The summed E-state index contributed by atoms with van der Waals surface area (Å²) in [6.45, 7) is 4.93. The molecule has 4 aromatic carbocycles.